The number of hydrogen-bond acceptors (Lipinski definition) is 4. The third kappa shape index (κ3) is 2.00. The minimum Gasteiger partial charge on any atom is -0.464 e. The summed E-state index contributed by atoms with van der Waals surface area (Å²) in [7, 11) is 1.39. The molecule has 1 N–H and O–H groups in total. The van der Waals surface area contributed by atoms with Crippen molar-refractivity contribution < 1.29 is 9.53 Å². The van der Waals surface area contributed by atoms with Gasteiger partial charge in [-0.3, -0.25) is 0 Å². The molecule has 0 bridgehead atoms. The number of fused-ring (bicyclic) bond motifs is 1. The molecule has 0 amide bonds. The van der Waals surface area contributed by atoms with E-state index in [0.717, 1.165) is 36.4 Å². The van der Waals surface area contributed by atoms with Crippen molar-refractivity contribution in [2.75, 3.05) is 20.2 Å². The number of methoxy groups -OCH3 is 1. The second kappa shape index (κ2) is 4.66. The Kier molecular flexibility index (Phi) is 2.98. The third-order valence-corrected chi connectivity index (χ3v) is 3.62. The first-order chi connectivity index (χ1) is 9.20. The number of carbonyl (C=O) groups excluding carboxylic acids is 1. The van der Waals surface area contributed by atoms with E-state index in [9.17, 15) is 4.79 Å². The maximum Gasteiger partial charge on any atom is 0.358 e. The minimum absolute atomic E-state index is 0.354. The number of aryl methyl sites for hydroxylation is 1. The normalized spacial score (nSPS) is 18.9. The molecule has 0 radical (unpaired) electrons. The highest BCUT2D eigenvalue weighted by atomic mass is 16.5. The van der Waals surface area contributed by atoms with Crippen molar-refractivity contribution in [3.63, 3.8) is 0 Å². The molecule has 2 aromatic heterocycles. The Morgan fingerprint density at radius 3 is 3.05 bits per heavy atom. The minimum atomic E-state index is -0.376. The van der Waals surface area contributed by atoms with Crippen LogP contribution in [0.3, 0.4) is 0 Å². The van der Waals surface area contributed by atoms with Crippen LogP contribution < -0.4 is 5.32 Å². The zero-order valence-electron chi connectivity index (χ0n) is 11.1. The summed E-state index contributed by atoms with van der Waals surface area (Å²) in [5.74, 6) is 0.926. The number of hydrogen-bond donors (Lipinski definition) is 1. The Morgan fingerprint density at radius 2 is 2.37 bits per heavy atom. The lowest BCUT2D eigenvalue weighted by atomic mass is 10.1. The van der Waals surface area contributed by atoms with Crippen LogP contribution in [0, 0.1) is 6.92 Å². The van der Waals surface area contributed by atoms with E-state index in [0.29, 0.717) is 11.6 Å². The van der Waals surface area contributed by atoms with Crippen molar-refractivity contribution >= 4 is 11.5 Å². The van der Waals surface area contributed by atoms with Crippen LogP contribution in [-0.4, -0.2) is 35.6 Å². The molecule has 1 aliphatic heterocycles. The van der Waals surface area contributed by atoms with Crippen LogP contribution >= 0.6 is 0 Å². The molecular formula is C14H17N3O2. The number of rotatable bonds is 2. The Hall–Kier alpha value is -1.88. The van der Waals surface area contributed by atoms with Crippen molar-refractivity contribution in [3.05, 3.63) is 35.4 Å². The molecule has 0 aromatic carbocycles. The molecule has 1 unspecified atom stereocenters. The largest absolute Gasteiger partial charge is 0.464 e. The summed E-state index contributed by atoms with van der Waals surface area (Å²) in [5.41, 5.74) is 2.37. The first-order valence-electron chi connectivity index (χ1n) is 6.48. The van der Waals surface area contributed by atoms with Crippen LogP contribution in [0.15, 0.2) is 18.3 Å². The summed E-state index contributed by atoms with van der Waals surface area (Å²) in [5, 5.41) is 3.33. The number of nitrogens with zero attached hydrogens (tertiary/aromatic N) is 2. The fraction of sp³-hybridized carbons (Fsp3) is 0.429. The molecule has 0 saturated carbocycles. The Labute approximate surface area is 111 Å². The van der Waals surface area contributed by atoms with Crippen molar-refractivity contribution in [1.29, 1.82) is 0 Å². The summed E-state index contributed by atoms with van der Waals surface area (Å²) >= 11 is 0. The van der Waals surface area contributed by atoms with Crippen molar-refractivity contribution in [1.82, 2.24) is 14.7 Å². The number of nitrogens with one attached hydrogen (secondary N) is 1. The molecule has 1 atom stereocenters. The van der Waals surface area contributed by atoms with Gasteiger partial charge in [0.05, 0.1) is 12.6 Å². The van der Waals surface area contributed by atoms with Gasteiger partial charge in [0.1, 0.15) is 5.82 Å². The molecule has 2 aromatic rings. The molecule has 1 saturated heterocycles. The van der Waals surface area contributed by atoms with E-state index in [1.807, 2.05) is 29.7 Å². The van der Waals surface area contributed by atoms with Crippen LogP contribution in [0.4, 0.5) is 0 Å². The van der Waals surface area contributed by atoms with Crippen molar-refractivity contribution in [3.8, 4) is 0 Å². The number of esters is 1. The molecule has 3 heterocycles. The van der Waals surface area contributed by atoms with E-state index in [-0.39, 0.29) is 5.97 Å². The maximum atomic E-state index is 11.8. The van der Waals surface area contributed by atoms with Crippen LogP contribution in [-0.2, 0) is 4.74 Å². The SMILES string of the molecule is COC(=O)c1nc(C2CCNC2)n2cc(C)ccc12. The summed E-state index contributed by atoms with van der Waals surface area (Å²) < 4.78 is 6.85. The van der Waals surface area contributed by atoms with Crippen LogP contribution in [0.25, 0.3) is 5.52 Å². The zero-order chi connectivity index (χ0) is 13.4. The van der Waals surface area contributed by atoms with Gasteiger partial charge in [0.15, 0.2) is 5.69 Å². The molecular weight excluding hydrogens is 242 g/mol. The van der Waals surface area contributed by atoms with Crippen molar-refractivity contribution in [2.24, 2.45) is 0 Å². The zero-order valence-corrected chi connectivity index (χ0v) is 11.1. The van der Waals surface area contributed by atoms with Crippen LogP contribution in [0.5, 0.6) is 0 Å². The van der Waals surface area contributed by atoms with Gasteiger partial charge in [-0.2, -0.15) is 0 Å². The fourth-order valence-electron chi connectivity index (χ4n) is 2.63. The number of pyridine rings is 1. The Bertz CT molecular complexity index is 627. The topological polar surface area (TPSA) is 55.6 Å². The van der Waals surface area contributed by atoms with E-state index < -0.39 is 0 Å². The molecule has 3 rings (SSSR count). The monoisotopic (exact) mass is 259 g/mol. The van der Waals surface area contributed by atoms with Crippen LogP contribution in [0.2, 0.25) is 0 Å². The second-order valence-electron chi connectivity index (χ2n) is 4.96. The highest BCUT2D eigenvalue weighted by molar-refractivity contribution is 5.95. The van der Waals surface area contributed by atoms with Gasteiger partial charge in [0.25, 0.3) is 0 Å². The average Bonchev–Trinajstić information content (AvgIpc) is 3.03. The standard InChI is InChI=1S/C14H17N3O2/c1-9-3-4-11-12(14(18)19-2)16-13(17(11)8-9)10-5-6-15-7-10/h3-4,8,10,15H,5-7H2,1-2H3. The van der Waals surface area contributed by atoms with Crippen molar-refractivity contribution in [2.45, 2.75) is 19.3 Å². The number of aromatic nitrogens is 2. The summed E-state index contributed by atoms with van der Waals surface area (Å²) in [6, 6.07) is 3.92. The predicted molar refractivity (Wildman–Crippen MR) is 71.5 cm³/mol. The Balaban J connectivity index is 2.20. The van der Waals surface area contributed by atoms with E-state index in [4.69, 9.17) is 4.74 Å². The van der Waals surface area contributed by atoms with Gasteiger partial charge < -0.3 is 14.5 Å². The van der Waals surface area contributed by atoms with Gasteiger partial charge in [-0.1, -0.05) is 6.07 Å². The molecule has 1 aliphatic rings. The van der Waals surface area contributed by atoms with Gasteiger partial charge in [-0.25, -0.2) is 9.78 Å². The number of ether oxygens (including phenoxy) is 1. The molecule has 5 heteroatoms. The molecule has 5 nitrogen and oxygen atoms in total. The summed E-state index contributed by atoms with van der Waals surface area (Å²) in [6.45, 7) is 3.94. The molecule has 0 spiro atoms. The summed E-state index contributed by atoms with van der Waals surface area (Å²) in [4.78, 5) is 16.4. The molecule has 1 fully saturated rings. The first kappa shape index (κ1) is 12.2. The second-order valence-corrected chi connectivity index (χ2v) is 4.96. The lowest BCUT2D eigenvalue weighted by Gasteiger charge is -2.07. The highest BCUT2D eigenvalue weighted by Gasteiger charge is 2.25. The molecule has 100 valence electrons. The van der Waals surface area contributed by atoms with E-state index >= 15 is 0 Å². The smallest absolute Gasteiger partial charge is 0.358 e. The fourth-order valence-corrected chi connectivity index (χ4v) is 2.63. The lowest BCUT2D eigenvalue weighted by Crippen LogP contribution is -2.10. The lowest BCUT2D eigenvalue weighted by molar-refractivity contribution is 0.0596. The average molecular weight is 259 g/mol. The highest BCUT2D eigenvalue weighted by Crippen LogP contribution is 2.25. The Morgan fingerprint density at radius 1 is 1.53 bits per heavy atom. The molecule has 0 aliphatic carbocycles. The van der Waals surface area contributed by atoms with Gasteiger partial charge in [-0.05, 0) is 31.5 Å². The van der Waals surface area contributed by atoms with Gasteiger partial charge in [0.2, 0.25) is 0 Å². The van der Waals surface area contributed by atoms with Gasteiger partial charge >= 0.3 is 5.97 Å². The molecule has 19 heavy (non-hydrogen) atoms. The third-order valence-electron chi connectivity index (χ3n) is 3.62. The van der Waals surface area contributed by atoms with E-state index in [1.54, 1.807) is 0 Å². The van der Waals surface area contributed by atoms with E-state index in [2.05, 4.69) is 10.3 Å². The quantitative estimate of drug-likeness (QED) is 0.831. The first-order valence-corrected chi connectivity index (χ1v) is 6.48. The summed E-state index contributed by atoms with van der Waals surface area (Å²) in [6.07, 6.45) is 3.08. The van der Waals surface area contributed by atoms with Gasteiger partial charge in [-0.15, -0.1) is 0 Å². The van der Waals surface area contributed by atoms with Crippen LogP contribution in [0.1, 0.15) is 34.2 Å². The number of carbonyl (C=O) groups is 1. The predicted octanol–water partition coefficient (Wildman–Crippen LogP) is 1.51. The van der Waals surface area contributed by atoms with Gasteiger partial charge in [0, 0.05) is 18.7 Å². The maximum absolute atomic E-state index is 11.8. The van der Waals surface area contributed by atoms with E-state index in [1.165, 1.54) is 7.11 Å². The number of imidazole rings is 1.